The predicted molar refractivity (Wildman–Crippen MR) is 94.9 cm³/mol. The highest BCUT2D eigenvalue weighted by Crippen LogP contribution is 2.36. The Morgan fingerprint density at radius 1 is 1.17 bits per heavy atom. The third kappa shape index (κ3) is 3.61. The maximum atomic E-state index is 12.3. The van der Waals surface area contributed by atoms with Crippen LogP contribution in [0.15, 0.2) is 24.3 Å². The average molecular weight is 317 g/mol. The third-order valence-electron chi connectivity index (χ3n) is 5.17. The number of carbonyl (C=O) groups is 1. The zero-order valence-corrected chi connectivity index (χ0v) is 15.3. The lowest BCUT2D eigenvalue weighted by Gasteiger charge is -2.32. The van der Waals surface area contributed by atoms with Crippen LogP contribution in [-0.4, -0.2) is 24.2 Å². The Balaban J connectivity index is 2.17. The predicted octanol–water partition coefficient (Wildman–Crippen LogP) is 3.36. The summed E-state index contributed by atoms with van der Waals surface area (Å²) in [5.74, 6) is 0.0195. The zero-order valence-electron chi connectivity index (χ0n) is 15.3. The van der Waals surface area contributed by atoms with E-state index in [-0.39, 0.29) is 22.5 Å². The number of benzene rings is 1. The molecule has 0 atom stereocenters. The monoisotopic (exact) mass is 317 g/mol. The van der Waals surface area contributed by atoms with Gasteiger partial charge in [0.1, 0.15) is 0 Å². The summed E-state index contributed by atoms with van der Waals surface area (Å²) >= 11 is 0. The highest BCUT2D eigenvalue weighted by atomic mass is 16.7. The second-order valence-corrected chi connectivity index (χ2v) is 7.91. The molecule has 5 heteroatoms. The number of rotatable bonds is 4. The van der Waals surface area contributed by atoms with Gasteiger partial charge in [-0.05, 0) is 51.7 Å². The number of hydrogen-bond donors (Lipinski definition) is 1. The minimum Gasteiger partial charge on any atom is -0.399 e. The van der Waals surface area contributed by atoms with E-state index in [0.717, 1.165) is 17.6 Å². The number of hydrogen-bond acceptors (Lipinski definition) is 3. The van der Waals surface area contributed by atoms with Gasteiger partial charge in [-0.2, -0.15) is 0 Å². The molecular weight excluding hydrogens is 289 g/mol. The van der Waals surface area contributed by atoms with Crippen molar-refractivity contribution in [2.24, 2.45) is 5.41 Å². The van der Waals surface area contributed by atoms with Crippen LogP contribution in [0.2, 0.25) is 0 Å². The van der Waals surface area contributed by atoms with E-state index >= 15 is 0 Å². The zero-order chi connectivity index (χ0) is 17.5. The third-order valence-corrected chi connectivity index (χ3v) is 5.17. The second-order valence-electron chi connectivity index (χ2n) is 7.91. The van der Waals surface area contributed by atoms with E-state index in [4.69, 9.17) is 9.31 Å². The average Bonchev–Trinajstić information content (AvgIpc) is 2.68. The van der Waals surface area contributed by atoms with Gasteiger partial charge in [-0.15, -0.1) is 0 Å². The van der Waals surface area contributed by atoms with Crippen molar-refractivity contribution < 1.29 is 14.1 Å². The Morgan fingerprint density at radius 2 is 1.74 bits per heavy atom. The Morgan fingerprint density at radius 3 is 2.26 bits per heavy atom. The molecule has 126 valence electrons. The minimum atomic E-state index is -0.420. The SMILES string of the molecule is CCC(C)(C)C(=O)Nc1cccc(B2OC(C)(C)C(C)(C)O2)c1. The topological polar surface area (TPSA) is 47.6 Å². The van der Waals surface area contributed by atoms with Crippen molar-refractivity contribution in [2.75, 3.05) is 5.32 Å². The molecule has 1 aromatic carbocycles. The molecular formula is C18H28BNO3. The van der Waals surface area contributed by atoms with Gasteiger partial charge in [0, 0.05) is 11.1 Å². The number of nitrogens with one attached hydrogen (secondary N) is 1. The maximum absolute atomic E-state index is 12.3. The molecule has 23 heavy (non-hydrogen) atoms. The fraction of sp³-hybridized carbons (Fsp3) is 0.611. The Hall–Kier alpha value is -1.33. The summed E-state index contributed by atoms with van der Waals surface area (Å²) < 4.78 is 12.1. The first-order valence-electron chi connectivity index (χ1n) is 8.25. The van der Waals surface area contributed by atoms with Crippen LogP contribution in [0.25, 0.3) is 0 Å². The van der Waals surface area contributed by atoms with E-state index in [2.05, 4.69) is 5.32 Å². The van der Waals surface area contributed by atoms with Crippen LogP contribution in [0.5, 0.6) is 0 Å². The number of amides is 1. The first kappa shape index (κ1) is 18.0. The standard InChI is InChI=1S/C18H28BNO3/c1-8-16(2,3)15(21)20-14-11-9-10-13(12-14)19-22-17(4,5)18(6,7)23-19/h9-12H,8H2,1-7H3,(H,20,21). The number of carbonyl (C=O) groups excluding carboxylic acids is 1. The van der Waals surface area contributed by atoms with Crippen molar-refractivity contribution >= 4 is 24.2 Å². The summed E-state index contributed by atoms with van der Waals surface area (Å²) in [4.78, 5) is 12.3. The summed E-state index contributed by atoms with van der Waals surface area (Å²) in [6, 6.07) is 7.68. The molecule has 0 aromatic heterocycles. The molecule has 1 saturated heterocycles. The fourth-order valence-electron chi connectivity index (χ4n) is 2.20. The second kappa shape index (κ2) is 5.95. The molecule has 0 saturated carbocycles. The van der Waals surface area contributed by atoms with Crippen LogP contribution in [-0.2, 0) is 14.1 Å². The lowest BCUT2D eigenvalue weighted by molar-refractivity contribution is -0.124. The maximum Gasteiger partial charge on any atom is 0.494 e. The van der Waals surface area contributed by atoms with Crippen LogP contribution in [0.1, 0.15) is 54.9 Å². The summed E-state index contributed by atoms with van der Waals surface area (Å²) in [6.45, 7) is 14.0. The van der Waals surface area contributed by atoms with E-state index in [1.807, 2.05) is 72.7 Å². The van der Waals surface area contributed by atoms with E-state index in [0.29, 0.717) is 0 Å². The van der Waals surface area contributed by atoms with Crippen LogP contribution in [0, 0.1) is 5.41 Å². The van der Waals surface area contributed by atoms with Crippen molar-refractivity contribution in [3.63, 3.8) is 0 Å². The molecule has 0 spiro atoms. The van der Waals surface area contributed by atoms with E-state index < -0.39 is 7.12 Å². The minimum absolute atomic E-state index is 0.0195. The largest absolute Gasteiger partial charge is 0.494 e. The Bertz CT molecular complexity index is 580. The molecule has 0 unspecified atom stereocenters. The van der Waals surface area contributed by atoms with Crippen LogP contribution in [0.3, 0.4) is 0 Å². The Kier molecular flexibility index (Phi) is 4.66. The first-order chi connectivity index (χ1) is 10.5. The molecule has 1 N–H and O–H groups in total. The van der Waals surface area contributed by atoms with Gasteiger partial charge in [0.2, 0.25) is 5.91 Å². The molecule has 2 rings (SSSR count). The summed E-state index contributed by atoms with van der Waals surface area (Å²) in [5.41, 5.74) is 0.544. The van der Waals surface area contributed by atoms with Crippen molar-refractivity contribution in [3.05, 3.63) is 24.3 Å². The highest BCUT2D eigenvalue weighted by Gasteiger charge is 2.51. The van der Waals surface area contributed by atoms with Gasteiger partial charge in [-0.1, -0.05) is 32.9 Å². The molecule has 1 heterocycles. The fourth-order valence-corrected chi connectivity index (χ4v) is 2.20. The molecule has 0 aliphatic carbocycles. The van der Waals surface area contributed by atoms with E-state index in [9.17, 15) is 4.79 Å². The summed E-state index contributed by atoms with van der Waals surface area (Å²) in [5, 5.41) is 2.99. The molecule has 1 fully saturated rings. The highest BCUT2D eigenvalue weighted by molar-refractivity contribution is 6.62. The van der Waals surface area contributed by atoms with Gasteiger partial charge < -0.3 is 14.6 Å². The van der Waals surface area contributed by atoms with Crippen LogP contribution < -0.4 is 10.8 Å². The smallest absolute Gasteiger partial charge is 0.399 e. The molecule has 1 amide bonds. The van der Waals surface area contributed by atoms with Crippen LogP contribution in [0.4, 0.5) is 5.69 Å². The number of anilines is 1. The van der Waals surface area contributed by atoms with Crippen molar-refractivity contribution in [1.82, 2.24) is 0 Å². The van der Waals surface area contributed by atoms with Gasteiger partial charge in [-0.3, -0.25) is 4.79 Å². The van der Waals surface area contributed by atoms with Gasteiger partial charge in [-0.25, -0.2) is 0 Å². The summed E-state index contributed by atoms with van der Waals surface area (Å²) in [7, 11) is -0.420. The van der Waals surface area contributed by atoms with E-state index in [1.165, 1.54) is 0 Å². The van der Waals surface area contributed by atoms with Crippen molar-refractivity contribution in [1.29, 1.82) is 0 Å². The molecule has 0 radical (unpaired) electrons. The lowest BCUT2D eigenvalue weighted by Crippen LogP contribution is -2.41. The Labute approximate surface area is 140 Å². The first-order valence-corrected chi connectivity index (χ1v) is 8.25. The molecule has 0 bridgehead atoms. The molecule has 1 aliphatic rings. The normalized spacial score (nSPS) is 19.7. The quantitative estimate of drug-likeness (QED) is 0.866. The van der Waals surface area contributed by atoms with Gasteiger partial charge in [0.05, 0.1) is 11.2 Å². The lowest BCUT2D eigenvalue weighted by atomic mass is 9.79. The molecule has 4 nitrogen and oxygen atoms in total. The van der Waals surface area contributed by atoms with Crippen LogP contribution >= 0.6 is 0 Å². The van der Waals surface area contributed by atoms with E-state index in [1.54, 1.807) is 0 Å². The molecule has 1 aliphatic heterocycles. The van der Waals surface area contributed by atoms with Gasteiger partial charge >= 0.3 is 7.12 Å². The van der Waals surface area contributed by atoms with Gasteiger partial charge in [0.15, 0.2) is 0 Å². The van der Waals surface area contributed by atoms with Crippen molar-refractivity contribution in [3.8, 4) is 0 Å². The van der Waals surface area contributed by atoms with Gasteiger partial charge in [0.25, 0.3) is 0 Å². The summed E-state index contributed by atoms with van der Waals surface area (Å²) in [6.07, 6.45) is 0.787. The van der Waals surface area contributed by atoms with Crippen molar-refractivity contribution in [2.45, 2.75) is 66.1 Å². The molecule has 1 aromatic rings.